The van der Waals surface area contributed by atoms with E-state index in [-0.39, 0.29) is 5.56 Å². The van der Waals surface area contributed by atoms with E-state index in [0.29, 0.717) is 41.8 Å². The standard InChI is InChI=1S/C19H21N3O6/c1-10-16(11(2)22(4)21-10)17(23)19(25)28-12(3)18(24)20-13-5-6-14-15(9-13)27-8-7-26-14/h5-6,9,12H,7-8H2,1-4H3,(H,20,24)/t12-/m1/s1. The summed E-state index contributed by atoms with van der Waals surface area (Å²) >= 11 is 0. The van der Waals surface area contributed by atoms with E-state index in [1.165, 1.54) is 11.6 Å². The second kappa shape index (κ2) is 7.71. The Bertz CT molecular complexity index is 949. The number of aryl methyl sites for hydroxylation is 2. The zero-order valence-corrected chi connectivity index (χ0v) is 16.1. The lowest BCUT2D eigenvalue weighted by Crippen LogP contribution is -2.32. The maximum absolute atomic E-state index is 12.4. The van der Waals surface area contributed by atoms with Crippen molar-refractivity contribution >= 4 is 23.3 Å². The van der Waals surface area contributed by atoms with Gasteiger partial charge < -0.3 is 19.5 Å². The summed E-state index contributed by atoms with van der Waals surface area (Å²) in [5.74, 6) is -1.40. The molecule has 0 spiro atoms. The molecule has 0 aliphatic carbocycles. The van der Waals surface area contributed by atoms with E-state index in [4.69, 9.17) is 14.2 Å². The molecule has 2 aromatic rings. The van der Waals surface area contributed by atoms with Gasteiger partial charge in [-0.3, -0.25) is 14.3 Å². The van der Waals surface area contributed by atoms with Crippen LogP contribution in [0.2, 0.25) is 0 Å². The maximum atomic E-state index is 12.4. The Hall–Kier alpha value is -3.36. The lowest BCUT2D eigenvalue weighted by atomic mass is 10.1. The number of anilines is 1. The molecule has 1 N–H and O–H groups in total. The third-order valence-corrected chi connectivity index (χ3v) is 4.38. The number of esters is 1. The molecule has 1 aliphatic rings. The number of carbonyl (C=O) groups excluding carboxylic acids is 3. The van der Waals surface area contributed by atoms with E-state index in [0.717, 1.165) is 0 Å². The molecule has 1 aliphatic heterocycles. The summed E-state index contributed by atoms with van der Waals surface area (Å²) in [6.45, 7) is 5.59. The monoisotopic (exact) mass is 387 g/mol. The van der Waals surface area contributed by atoms with E-state index in [1.807, 2.05) is 0 Å². The summed E-state index contributed by atoms with van der Waals surface area (Å²) in [4.78, 5) is 36.9. The fraction of sp³-hybridized carbons (Fsp3) is 0.368. The van der Waals surface area contributed by atoms with Gasteiger partial charge in [0.05, 0.1) is 11.3 Å². The number of Topliss-reactive ketones (excluding diaryl/α,β-unsaturated/α-hetero) is 1. The lowest BCUT2D eigenvalue weighted by Gasteiger charge is -2.19. The minimum absolute atomic E-state index is 0.187. The SMILES string of the molecule is Cc1nn(C)c(C)c1C(=O)C(=O)O[C@H](C)C(=O)Nc1ccc2c(c1)OCCO2. The highest BCUT2D eigenvalue weighted by molar-refractivity contribution is 6.41. The largest absolute Gasteiger partial charge is 0.486 e. The van der Waals surface area contributed by atoms with Crippen LogP contribution in [0.5, 0.6) is 11.5 Å². The number of ketones is 1. The van der Waals surface area contributed by atoms with Crippen LogP contribution in [0.25, 0.3) is 0 Å². The van der Waals surface area contributed by atoms with Crippen molar-refractivity contribution in [2.45, 2.75) is 26.9 Å². The molecule has 0 unspecified atom stereocenters. The molecule has 28 heavy (non-hydrogen) atoms. The topological polar surface area (TPSA) is 109 Å². The van der Waals surface area contributed by atoms with Gasteiger partial charge in [-0.2, -0.15) is 5.10 Å². The van der Waals surface area contributed by atoms with Crippen molar-refractivity contribution in [1.29, 1.82) is 0 Å². The Morgan fingerprint density at radius 1 is 1.18 bits per heavy atom. The molecule has 1 aromatic carbocycles. The number of amides is 1. The molecule has 0 bridgehead atoms. The Morgan fingerprint density at radius 3 is 2.50 bits per heavy atom. The number of hydrogen-bond donors (Lipinski definition) is 1. The van der Waals surface area contributed by atoms with E-state index in [1.54, 1.807) is 39.1 Å². The maximum Gasteiger partial charge on any atom is 0.380 e. The fourth-order valence-electron chi connectivity index (χ4n) is 2.84. The summed E-state index contributed by atoms with van der Waals surface area (Å²) in [5, 5.41) is 6.73. The number of benzene rings is 1. The van der Waals surface area contributed by atoms with Gasteiger partial charge in [0.1, 0.15) is 13.2 Å². The van der Waals surface area contributed by atoms with Crippen molar-refractivity contribution in [3.63, 3.8) is 0 Å². The lowest BCUT2D eigenvalue weighted by molar-refractivity contribution is -0.148. The van der Waals surface area contributed by atoms with Gasteiger partial charge >= 0.3 is 5.97 Å². The highest BCUT2D eigenvalue weighted by Gasteiger charge is 2.28. The number of fused-ring (bicyclic) bond motifs is 1. The first kappa shape index (κ1) is 19.4. The van der Waals surface area contributed by atoms with Crippen LogP contribution in [0.1, 0.15) is 28.7 Å². The molecule has 1 atom stereocenters. The zero-order chi connectivity index (χ0) is 20.4. The van der Waals surface area contributed by atoms with Crippen LogP contribution >= 0.6 is 0 Å². The Balaban J connectivity index is 1.63. The van der Waals surface area contributed by atoms with E-state index >= 15 is 0 Å². The third kappa shape index (κ3) is 3.83. The molecule has 0 saturated heterocycles. The molecule has 2 heterocycles. The van der Waals surface area contributed by atoms with Crippen LogP contribution in [-0.2, 0) is 21.4 Å². The summed E-state index contributed by atoms with van der Waals surface area (Å²) in [6, 6.07) is 4.94. The molecule has 0 saturated carbocycles. The zero-order valence-electron chi connectivity index (χ0n) is 16.1. The third-order valence-electron chi connectivity index (χ3n) is 4.38. The van der Waals surface area contributed by atoms with Gasteiger partial charge in [0.15, 0.2) is 17.6 Å². The molecule has 148 valence electrons. The molecule has 1 aromatic heterocycles. The number of rotatable bonds is 5. The molecular formula is C19H21N3O6. The van der Waals surface area contributed by atoms with Gasteiger partial charge in [-0.15, -0.1) is 0 Å². The van der Waals surface area contributed by atoms with Crippen LogP contribution in [0.15, 0.2) is 18.2 Å². The Morgan fingerprint density at radius 2 is 1.86 bits per heavy atom. The minimum atomic E-state index is -1.16. The number of nitrogens with one attached hydrogen (secondary N) is 1. The average Bonchev–Trinajstić information content (AvgIpc) is 2.92. The van der Waals surface area contributed by atoms with Crippen molar-refractivity contribution in [3.8, 4) is 11.5 Å². The van der Waals surface area contributed by atoms with Crippen molar-refractivity contribution in [3.05, 3.63) is 35.2 Å². The average molecular weight is 387 g/mol. The van der Waals surface area contributed by atoms with Crippen LogP contribution in [0, 0.1) is 13.8 Å². The highest BCUT2D eigenvalue weighted by atomic mass is 16.6. The van der Waals surface area contributed by atoms with Crippen LogP contribution in [-0.4, -0.2) is 46.8 Å². The molecular weight excluding hydrogens is 366 g/mol. The van der Waals surface area contributed by atoms with Gasteiger partial charge in [0.2, 0.25) is 0 Å². The van der Waals surface area contributed by atoms with Crippen LogP contribution in [0.4, 0.5) is 5.69 Å². The van der Waals surface area contributed by atoms with E-state index in [2.05, 4.69) is 10.4 Å². The number of carbonyl (C=O) groups is 3. The smallest absolute Gasteiger partial charge is 0.380 e. The van der Waals surface area contributed by atoms with Gasteiger partial charge in [0, 0.05) is 24.5 Å². The molecule has 0 radical (unpaired) electrons. The van der Waals surface area contributed by atoms with Crippen LogP contribution in [0.3, 0.4) is 0 Å². The molecule has 3 rings (SSSR count). The van der Waals surface area contributed by atoms with Crippen molar-refractivity contribution in [2.24, 2.45) is 7.05 Å². The van der Waals surface area contributed by atoms with E-state index in [9.17, 15) is 14.4 Å². The summed E-state index contributed by atoms with van der Waals surface area (Å²) < 4.78 is 17.4. The first-order valence-electron chi connectivity index (χ1n) is 8.74. The Labute approximate surface area is 161 Å². The van der Waals surface area contributed by atoms with Gasteiger partial charge in [-0.05, 0) is 32.9 Å². The number of nitrogens with zero attached hydrogens (tertiary/aromatic N) is 2. The minimum Gasteiger partial charge on any atom is -0.486 e. The summed E-state index contributed by atoms with van der Waals surface area (Å²) in [7, 11) is 1.67. The van der Waals surface area contributed by atoms with Crippen molar-refractivity contribution in [2.75, 3.05) is 18.5 Å². The first-order valence-corrected chi connectivity index (χ1v) is 8.74. The molecule has 1 amide bonds. The fourth-order valence-corrected chi connectivity index (χ4v) is 2.84. The molecule has 9 nitrogen and oxygen atoms in total. The second-order valence-corrected chi connectivity index (χ2v) is 6.39. The first-order chi connectivity index (χ1) is 13.3. The van der Waals surface area contributed by atoms with Crippen molar-refractivity contribution < 1.29 is 28.6 Å². The van der Waals surface area contributed by atoms with Crippen molar-refractivity contribution in [1.82, 2.24) is 9.78 Å². The summed E-state index contributed by atoms with van der Waals surface area (Å²) in [6.07, 6.45) is -1.16. The van der Waals surface area contributed by atoms with E-state index < -0.39 is 23.8 Å². The van der Waals surface area contributed by atoms with Gasteiger partial charge in [0.25, 0.3) is 11.7 Å². The summed E-state index contributed by atoms with van der Waals surface area (Å²) in [5.41, 5.74) is 1.62. The second-order valence-electron chi connectivity index (χ2n) is 6.39. The molecule has 9 heteroatoms. The molecule has 0 fully saturated rings. The number of ether oxygens (including phenoxy) is 3. The highest BCUT2D eigenvalue weighted by Crippen LogP contribution is 2.32. The number of hydrogen-bond acceptors (Lipinski definition) is 7. The predicted octanol–water partition coefficient (Wildman–Crippen LogP) is 1.56. The predicted molar refractivity (Wildman–Crippen MR) is 98.6 cm³/mol. The van der Waals surface area contributed by atoms with Crippen LogP contribution < -0.4 is 14.8 Å². The number of aromatic nitrogens is 2. The van der Waals surface area contributed by atoms with Gasteiger partial charge in [-0.25, -0.2) is 4.79 Å². The quantitative estimate of drug-likeness (QED) is 0.471. The normalized spacial score (nSPS) is 13.6. The van der Waals surface area contributed by atoms with Gasteiger partial charge in [-0.1, -0.05) is 0 Å². The Kier molecular flexibility index (Phi) is 5.34.